The SMILES string of the molecule is N#CCC1CN(c2ncnc3cc(Cl)ncc23)CCN1C(=O)O. The summed E-state index contributed by atoms with van der Waals surface area (Å²) in [5, 5.41) is 19.3. The molecule has 0 radical (unpaired) electrons. The van der Waals surface area contributed by atoms with Crippen molar-refractivity contribution in [2.24, 2.45) is 0 Å². The van der Waals surface area contributed by atoms with Gasteiger partial charge in [-0.25, -0.2) is 19.7 Å². The fraction of sp³-hybridized carbons (Fsp3) is 0.357. The Morgan fingerprint density at radius 1 is 1.43 bits per heavy atom. The van der Waals surface area contributed by atoms with Crippen LogP contribution in [0.4, 0.5) is 10.6 Å². The number of hydrogen-bond acceptors (Lipinski definition) is 6. The topological polar surface area (TPSA) is 106 Å². The summed E-state index contributed by atoms with van der Waals surface area (Å²) in [4.78, 5) is 27.1. The summed E-state index contributed by atoms with van der Waals surface area (Å²) in [6.45, 7) is 1.20. The Bertz CT molecular complexity index is 792. The van der Waals surface area contributed by atoms with E-state index in [1.165, 1.54) is 11.2 Å². The summed E-state index contributed by atoms with van der Waals surface area (Å²) in [6, 6.07) is 3.31. The van der Waals surface area contributed by atoms with Gasteiger partial charge in [-0.2, -0.15) is 5.26 Å². The molecule has 2 aromatic rings. The van der Waals surface area contributed by atoms with Crippen LogP contribution in [0.5, 0.6) is 0 Å². The van der Waals surface area contributed by atoms with Crippen molar-refractivity contribution in [1.29, 1.82) is 5.26 Å². The summed E-state index contributed by atoms with van der Waals surface area (Å²) in [5.41, 5.74) is 0.674. The fourth-order valence-electron chi connectivity index (χ4n) is 2.75. The lowest BCUT2D eigenvalue weighted by Crippen LogP contribution is -2.55. The lowest BCUT2D eigenvalue weighted by atomic mass is 10.1. The van der Waals surface area contributed by atoms with E-state index in [-0.39, 0.29) is 6.42 Å². The van der Waals surface area contributed by atoms with Crippen LogP contribution < -0.4 is 4.90 Å². The number of nitriles is 1. The maximum absolute atomic E-state index is 11.3. The number of hydrogen-bond donors (Lipinski definition) is 1. The lowest BCUT2D eigenvalue weighted by Gasteiger charge is -2.39. The molecule has 1 unspecified atom stereocenters. The third kappa shape index (κ3) is 2.96. The number of carbonyl (C=O) groups is 1. The summed E-state index contributed by atoms with van der Waals surface area (Å²) >= 11 is 5.88. The highest BCUT2D eigenvalue weighted by Gasteiger charge is 2.31. The highest BCUT2D eigenvalue weighted by molar-refractivity contribution is 6.30. The molecule has 1 N–H and O–H groups in total. The van der Waals surface area contributed by atoms with Crippen LogP contribution >= 0.6 is 11.6 Å². The van der Waals surface area contributed by atoms with Gasteiger partial charge < -0.3 is 14.9 Å². The molecule has 1 amide bonds. The van der Waals surface area contributed by atoms with Crippen molar-refractivity contribution in [3.8, 4) is 6.07 Å². The van der Waals surface area contributed by atoms with Gasteiger partial charge in [-0.1, -0.05) is 11.6 Å². The molecule has 0 aliphatic carbocycles. The number of halogens is 1. The molecule has 1 aliphatic rings. The molecule has 9 heteroatoms. The number of fused-ring (bicyclic) bond motifs is 1. The number of carboxylic acid groups (broad SMARTS) is 1. The van der Waals surface area contributed by atoms with Gasteiger partial charge in [0.15, 0.2) is 0 Å². The highest BCUT2D eigenvalue weighted by Crippen LogP contribution is 2.26. The van der Waals surface area contributed by atoms with Crippen molar-refractivity contribution in [2.45, 2.75) is 12.5 Å². The first-order valence-corrected chi connectivity index (χ1v) is 7.35. The van der Waals surface area contributed by atoms with Crippen molar-refractivity contribution in [2.75, 3.05) is 24.5 Å². The molecule has 8 nitrogen and oxygen atoms in total. The van der Waals surface area contributed by atoms with Gasteiger partial charge in [0.2, 0.25) is 0 Å². The third-order valence-corrected chi connectivity index (χ3v) is 4.03. The minimum atomic E-state index is -1.01. The van der Waals surface area contributed by atoms with Crippen LogP contribution in [0.25, 0.3) is 10.9 Å². The molecule has 0 bridgehead atoms. The number of aromatic nitrogens is 3. The molecule has 1 fully saturated rings. The van der Waals surface area contributed by atoms with Gasteiger partial charge in [-0.05, 0) is 0 Å². The van der Waals surface area contributed by atoms with E-state index in [0.717, 1.165) is 5.39 Å². The molecule has 118 valence electrons. The van der Waals surface area contributed by atoms with Gasteiger partial charge in [0, 0.05) is 31.9 Å². The van der Waals surface area contributed by atoms with Crippen molar-refractivity contribution < 1.29 is 9.90 Å². The standard InChI is InChI=1S/C14H13ClN6O2/c15-12-5-11-10(6-17-12)13(19-8-18-11)20-3-4-21(14(22)23)9(7-20)1-2-16/h5-6,8-9H,1,3-4,7H2,(H,22,23). The summed E-state index contributed by atoms with van der Waals surface area (Å²) in [5.74, 6) is 0.673. The minimum Gasteiger partial charge on any atom is -0.465 e. The first kappa shape index (κ1) is 15.2. The van der Waals surface area contributed by atoms with E-state index in [4.69, 9.17) is 16.9 Å². The Morgan fingerprint density at radius 2 is 2.26 bits per heavy atom. The Balaban J connectivity index is 1.94. The molecule has 23 heavy (non-hydrogen) atoms. The zero-order valence-corrected chi connectivity index (χ0v) is 12.8. The molecule has 1 saturated heterocycles. The number of pyridine rings is 1. The predicted octanol–water partition coefficient (Wildman–Crippen LogP) is 1.76. The molecule has 0 spiro atoms. The Hall–Kier alpha value is -2.66. The van der Waals surface area contributed by atoms with E-state index in [1.807, 2.05) is 11.0 Å². The molecule has 3 heterocycles. The smallest absolute Gasteiger partial charge is 0.407 e. The second-order valence-corrected chi connectivity index (χ2v) is 5.55. The zero-order chi connectivity index (χ0) is 16.4. The van der Waals surface area contributed by atoms with Crippen LogP contribution in [-0.4, -0.2) is 56.7 Å². The molecular weight excluding hydrogens is 320 g/mol. The maximum Gasteiger partial charge on any atom is 0.407 e. The predicted molar refractivity (Wildman–Crippen MR) is 83.3 cm³/mol. The van der Waals surface area contributed by atoms with Crippen molar-refractivity contribution in [1.82, 2.24) is 19.9 Å². The second kappa shape index (κ2) is 6.22. The fourth-order valence-corrected chi connectivity index (χ4v) is 2.90. The van der Waals surface area contributed by atoms with Crippen LogP contribution in [0, 0.1) is 11.3 Å². The Labute approximate surface area is 136 Å². The van der Waals surface area contributed by atoms with E-state index in [0.29, 0.717) is 36.1 Å². The first-order valence-electron chi connectivity index (χ1n) is 6.98. The summed E-state index contributed by atoms with van der Waals surface area (Å²) < 4.78 is 0. The second-order valence-electron chi connectivity index (χ2n) is 5.16. The number of piperazine rings is 1. The number of anilines is 1. The molecular formula is C14H13ClN6O2. The lowest BCUT2D eigenvalue weighted by molar-refractivity contribution is 0.119. The van der Waals surface area contributed by atoms with Gasteiger partial charge in [0.05, 0.1) is 29.4 Å². The number of rotatable bonds is 2. The Kier molecular flexibility index (Phi) is 4.12. The molecule has 0 saturated carbocycles. The van der Waals surface area contributed by atoms with Crippen LogP contribution in [-0.2, 0) is 0 Å². The molecule has 1 atom stereocenters. The molecule has 1 aliphatic heterocycles. The van der Waals surface area contributed by atoms with Gasteiger partial charge in [-0.3, -0.25) is 0 Å². The summed E-state index contributed by atoms with van der Waals surface area (Å²) in [7, 11) is 0. The minimum absolute atomic E-state index is 0.135. The molecule has 2 aromatic heterocycles. The van der Waals surface area contributed by atoms with Crippen molar-refractivity contribution in [3.05, 3.63) is 23.7 Å². The normalized spacial score (nSPS) is 18.0. The van der Waals surface area contributed by atoms with E-state index in [1.54, 1.807) is 12.3 Å². The maximum atomic E-state index is 11.3. The monoisotopic (exact) mass is 332 g/mol. The number of nitrogens with zero attached hydrogens (tertiary/aromatic N) is 6. The van der Waals surface area contributed by atoms with Gasteiger partial charge in [0.1, 0.15) is 17.3 Å². The van der Waals surface area contributed by atoms with Crippen LogP contribution in [0.1, 0.15) is 6.42 Å². The first-order chi connectivity index (χ1) is 11.1. The van der Waals surface area contributed by atoms with E-state index in [2.05, 4.69) is 15.0 Å². The number of amides is 1. The third-order valence-electron chi connectivity index (χ3n) is 3.82. The summed E-state index contributed by atoms with van der Waals surface area (Å²) in [6.07, 6.45) is 2.17. The molecule has 3 rings (SSSR count). The average Bonchev–Trinajstić information content (AvgIpc) is 2.54. The quantitative estimate of drug-likeness (QED) is 0.835. The average molecular weight is 333 g/mol. The van der Waals surface area contributed by atoms with E-state index < -0.39 is 12.1 Å². The highest BCUT2D eigenvalue weighted by atomic mass is 35.5. The largest absolute Gasteiger partial charge is 0.465 e. The molecule has 0 aromatic carbocycles. The van der Waals surface area contributed by atoms with Crippen LogP contribution in [0.3, 0.4) is 0 Å². The Morgan fingerprint density at radius 3 is 3.00 bits per heavy atom. The van der Waals surface area contributed by atoms with Gasteiger partial charge >= 0.3 is 6.09 Å². The zero-order valence-electron chi connectivity index (χ0n) is 12.1. The van der Waals surface area contributed by atoms with Crippen molar-refractivity contribution >= 4 is 34.4 Å². The van der Waals surface area contributed by atoms with Gasteiger partial charge in [-0.15, -0.1) is 0 Å². The van der Waals surface area contributed by atoms with Crippen LogP contribution in [0.2, 0.25) is 5.15 Å². The van der Waals surface area contributed by atoms with E-state index >= 15 is 0 Å². The van der Waals surface area contributed by atoms with E-state index in [9.17, 15) is 9.90 Å². The van der Waals surface area contributed by atoms with Crippen LogP contribution in [0.15, 0.2) is 18.6 Å². The van der Waals surface area contributed by atoms with Gasteiger partial charge in [0.25, 0.3) is 0 Å². The van der Waals surface area contributed by atoms with Crippen molar-refractivity contribution in [3.63, 3.8) is 0 Å².